The van der Waals surface area contributed by atoms with Gasteiger partial charge in [0.25, 0.3) is 0 Å². The molecule has 140 valence electrons. The summed E-state index contributed by atoms with van der Waals surface area (Å²) in [6, 6.07) is 11.4. The molecular weight excluding hydrogens is 361 g/mol. The van der Waals surface area contributed by atoms with E-state index in [-0.39, 0.29) is 23.9 Å². The van der Waals surface area contributed by atoms with Gasteiger partial charge in [-0.05, 0) is 61.4 Å². The molecular formula is C18H20FNO5S. The van der Waals surface area contributed by atoms with Crippen LogP contribution in [-0.4, -0.2) is 38.9 Å². The van der Waals surface area contributed by atoms with Gasteiger partial charge in [-0.1, -0.05) is 0 Å². The first-order chi connectivity index (χ1) is 12.4. The van der Waals surface area contributed by atoms with Crippen molar-refractivity contribution in [1.29, 1.82) is 0 Å². The molecule has 2 aromatic rings. The summed E-state index contributed by atoms with van der Waals surface area (Å²) in [4.78, 5) is 0.0577. The van der Waals surface area contributed by atoms with Crippen molar-refractivity contribution in [3.8, 4) is 11.5 Å². The Bertz CT molecular complexity index is 831. The first kappa shape index (κ1) is 18.8. The van der Waals surface area contributed by atoms with Gasteiger partial charge in [0.05, 0.1) is 23.6 Å². The Labute approximate surface area is 151 Å². The van der Waals surface area contributed by atoms with E-state index < -0.39 is 15.6 Å². The van der Waals surface area contributed by atoms with Crippen LogP contribution in [0.1, 0.15) is 12.8 Å². The van der Waals surface area contributed by atoms with Crippen LogP contribution in [0.2, 0.25) is 0 Å². The van der Waals surface area contributed by atoms with Crippen LogP contribution in [0.25, 0.3) is 0 Å². The SMILES string of the molecule is O=S(=O)(NC1(CO)CCCOC1)c1ccc(Oc2ccc(F)cc2)cc1. The largest absolute Gasteiger partial charge is 0.457 e. The molecule has 1 aliphatic heterocycles. The quantitative estimate of drug-likeness (QED) is 0.803. The number of aliphatic hydroxyl groups is 1. The first-order valence-corrected chi connectivity index (χ1v) is 9.67. The fourth-order valence-electron chi connectivity index (χ4n) is 2.76. The van der Waals surface area contributed by atoms with Crippen molar-refractivity contribution in [2.24, 2.45) is 0 Å². The number of benzene rings is 2. The summed E-state index contributed by atoms with van der Waals surface area (Å²) in [7, 11) is -3.82. The third-order valence-corrected chi connectivity index (χ3v) is 5.75. The molecule has 2 N–H and O–H groups in total. The predicted octanol–water partition coefficient (Wildman–Crippen LogP) is 2.44. The second kappa shape index (κ2) is 7.71. The molecule has 8 heteroatoms. The van der Waals surface area contributed by atoms with E-state index in [0.717, 1.165) is 0 Å². The Morgan fingerprint density at radius 3 is 2.27 bits per heavy atom. The summed E-state index contributed by atoms with van der Waals surface area (Å²) < 4.78 is 51.6. The second-order valence-corrected chi connectivity index (χ2v) is 7.91. The zero-order valence-electron chi connectivity index (χ0n) is 14.0. The van der Waals surface area contributed by atoms with Crippen LogP contribution in [0.3, 0.4) is 0 Å². The van der Waals surface area contributed by atoms with Crippen LogP contribution >= 0.6 is 0 Å². The minimum absolute atomic E-state index is 0.0577. The van der Waals surface area contributed by atoms with Crippen LogP contribution in [0.5, 0.6) is 11.5 Å². The lowest BCUT2D eigenvalue weighted by molar-refractivity contribution is 0.00378. The Hall–Kier alpha value is -2.00. The molecule has 1 heterocycles. The third-order valence-electron chi connectivity index (χ3n) is 4.16. The van der Waals surface area contributed by atoms with Gasteiger partial charge < -0.3 is 14.6 Å². The molecule has 1 fully saturated rings. The lowest BCUT2D eigenvalue weighted by atomic mass is 9.95. The summed E-state index contributed by atoms with van der Waals surface area (Å²) in [5, 5.41) is 9.63. The average molecular weight is 381 g/mol. The van der Waals surface area contributed by atoms with Gasteiger partial charge in [-0.2, -0.15) is 0 Å². The Morgan fingerprint density at radius 2 is 1.73 bits per heavy atom. The van der Waals surface area contributed by atoms with Gasteiger partial charge in [-0.25, -0.2) is 17.5 Å². The number of hydrogen-bond donors (Lipinski definition) is 2. The summed E-state index contributed by atoms with van der Waals surface area (Å²) in [6.07, 6.45) is 1.18. The van der Waals surface area contributed by atoms with E-state index in [1.54, 1.807) is 0 Å². The Balaban J connectivity index is 1.73. The average Bonchev–Trinajstić information content (AvgIpc) is 2.64. The molecule has 0 radical (unpaired) electrons. The first-order valence-electron chi connectivity index (χ1n) is 8.19. The van der Waals surface area contributed by atoms with Crippen molar-refractivity contribution in [2.75, 3.05) is 19.8 Å². The number of nitrogens with one attached hydrogen (secondary N) is 1. The van der Waals surface area contributed by atoms with Crippen LogP contribution < -0.4 is 9.46 Å². The third kappa shape index (κ3) is 4.39. The van der Waals surface area contributed by atoms with E-state index in [0.29, 0.717) is 30.9 Å². The van der Waals surface area contributed by atoms with Crippen LogP contribution in [0.4, 0.5) is 4.39 Å². The molecule has 1 atom stereocenters. The topological polar surface area (TPSA) is 84.9 Å². The van der Waals surface area contributed by atoms with Crippen molar-refractivity contribution in [3.05, 3.63) is 54.3 Å². The van der Waals surface area contributed by atoms with E-state index in [1.165, 1.54) is 48.5 Å². The van der Waals surface area contributed by atoms with Crippen molar-refractivity contribution < 1.29 is 27.4 Å². The Morgan fingerprint density at radius 1 is 1.12 bits per heavy atom. The summed E-state index contributed by atoms with van der Waals surface area (Å²) >= 11 is 0. The van der Waals surface area contributed by atoms with Gasteiger partial charge in [0.2, 0.25) is 10.0 Å². The van der Waals surface area contributed by atoms with E-state index in [2.05, 4.69) is 4.72 Å². The molecule has 0 saturated carbocycles. The highest BCUT2D eigenvalue weighted by molar-refractivity contribution is 7.89. The van der Waals surface area contributed by atoms with E-state index >= 15 is 0 Å². The normalized spacial score (nSPS) is 20.7. The summed E-state index contributed by atoms with van der Waals surface area (Å²) in [5.74, 6) is 0.501. The molecule has 0 bridgehead atoms. The van der Waals surface area contributed by atoms with Gasteiger partial charge >= 0.3 is 0 Å². The number of hydrogen-bond acceptors (Lipinski definition) is 5. The van der Waals surface area contributed by atoms with Gasteiger partial charge in [0.1, 0.15) is 17.3 Å². The minimum atomic E-state index is -3.82. The number of halogens is 1. The standard InChI is InChI=1S/C18H20FNO5S/c19-14-2-4-15(5-3-14)25-16-6-8-17(9-7-16)26(22,23)20-18(12-21)10-1-11-24-13-18/h2-9,20-21H,1,10-13H2. The molecule has 26 heavy (non-hydrogen) atoms. The van der Waals surface area contributed by atoms with E-state index in [1.807, 2.05) is 0 Å². The molecule has 3 rings (SSSR count). The fourth-order valence-corrected chi connectivity index (χ4v) is 4.17. The molecule has 0 aromatic heterocycles. The van der Waals surface area contributed by atoms with Crippen LogP contribution in [0, 0.1) is 5.82 Å². The van der Waals surface area contributed by atoms with Crippen molar-refractivity contribution in [2.45, 2.75) is 23.3 Å². The van der Waals surface area contributed by atoms with Crippen molar-refractivity contribution in [3.63, 3.8) is 0 Å². The lowest BCUT2D eigenvalue weighted by Crippen LogP contribution is -2.56. The maximum atomic E-state index is 12.9. The smallest absolute Gasteiger partial charge is 0.241 e. The molecule has 1 unspecified atom stereocenters. The number of aliphatic hydroxyl groups excluding tert-OH is 1. The van der Waals surface area contributed by atoms with E-state index in [9.17, 15) is 17.9 Å². The highest BCUT2D eigenvalue weighted by Gasteiger charge is 2.36. The second-order valence-electron chi connectivity index (χ2n) is 6.23. The zero-order chi connectivity index (χ0) is 18.6. The molecule has 0 aliphatic carbocycles. The maximum Gasteiger partial charge on any atom is 0.241 e. The Kier molecular flexibility index (Phi) is 5.57. The zero-order valence-corrected chi connectivity index (χ0v) is 14.8. The molecule has 1 aliphatic rings. The molecule has 0 amide bonds. The molecule has 1 saturated heterocycles. The lowest BCUT2D eigenvalue weighted by Gasteiger charge is -2.35. The highest BCUT2D eigenvalue weighted by atomic mass is 32.2. The van der Waals surface area contributed by atoms with E-state index in [4.69, 9.17) is 9.47 Å². The maximum absolute atomic E-state index is 12.9. The highest BCUT2D eigenvalue weighted by Crippen LogP contribution is 2.25. The monoisotopic (exact) mass is 381 g/mol. The molecule has 2 aromatic carbocycles. The van der Waals surface area contributed by atoms with Gasteiger partial charge in [0.15, 0.2) is 0 Å². The minimum Gasteiger partial charge on any atom is -0.457 e. The van der Waals surface area contributed by atoms with Crippen molar-refractivity contribution in [1.82, 2.24) is 4.72 Å². The summed E-state index contributed by atoms with van der Waals surface area (Å²) in [6.45, 7) is 0.353. The van der Waals surface area contributed by atoms with Crippen LogP contribution in [-0.2, 0) is 14.8 Å². The fraction of sp³-hybridized carbons (Fsp3) is 0.333. The van der Waals surface area contributed by atoms with Gasteiger partial charge in [0, 0.05) is 6.61 Å². The van der Waals surface area contributed by atoms with Crippen molar-refractivity contribution >= 4 is 10.0 Å². The van der Waals surface area contributed by atoms with Crippen LogP contribution in [0.15, 0.2) is 53.4 Å². The number of sulfonamides is 1. The predicted molar refractivity (Wildman–Crippen MR) is 93.1 cm³/mol. The molecule has 6 nitrogen and oxygen atoms in total. The summed E-state index contributed by atoms with van der Waals surface area (Å²) in [5.41, 5.74) is -1.000. The molecule has 0 spiro atoms. The number of rotatable bonds is 6. The van der Waals surface area contributed by atoms with Gasteiger partial charge in [-0.15, -0.1) is 0 Å². The number of ether oxygens (including phenoxy) is 2. The van der Waals surface area contributed by atoms with Gasteiger partial charge in [-0.3, -0.25) is 0 Å².